The third kappa shape index (κ3) is 6.02. The largest absolute Gasteiger partial charge is 0.484 e. The van der Waals surface area contributed by atoms with E-state index in [1.54, 1.807) is 6.07 Å². The van der Waals surface area contributed by atoms with E-state index in [1.165, 1.54) is 12.1 Å². The number of benzene rings is 1. The minimum absolute atomic E-state index is 0.00231. The van der Waals surface area contributed by atoms with Crippen LogP contribution in [0.1, 0.15) is 32.3 Å². The van der Waals surface area contributed by atoms with Gasteiger partial charge in [-0.05, 0) is 37.0 Å². The van der Waals surface area contributed by atoms with Gasteiger partial charge < -0.3 is 15.8 Å². The summed E-state index contributed by atoms with van der Waals surface area (Å²) >= 11 is 0. The summed E-state index contributed by atoms with van der Waals surface area (Å²) in [5.74, 6) is -0.229. The van der Waals surface area contributed by atoms with Crippen molar-refractivity contribution in [3.05, 3.63) is 29.6 Å². The Morgan fingerprint density at radius 3 is 2.80 bits per heavy atom. The van der Waals surface area contributed by atoms with Crippen molar-refractivity contribution in [2.45, 2.75) is 39.2 Å². The maximum Gasteiger partial charge on any atom is 0.257 e. The molecule has 0 saturated carbocycles. The van der Waals surface area contributed by atoms with Gasteiger partial charge in [0.1, 0.15) is 11.6 Å². The molecule has 0 fully saturated rings. The Morgan fingerprint density at radius 2 is 2.15 bits per heavy atom. The molecule has 1 amide bonds. The Balaban J connectivity index is 2.59. The zero-order valence-corrected chi connectivity index (χ0v) is 12.1. The number of carbonyl (C=O) groups excluding carboxylic acids is 1. The molecular weight excluding hydrogens is 259 g/mol. The van der Waals surface area contributed by atoms with Crippen molar-refractivity contribution in [2.75, 3.05) is 13.2 Å². The highest BCUT2D eigenvalue weighted by Crippen LogP contribution is 2.18. The summed E-state index contributed by atoms with van der Waals surface area (Å²) in [6, 6.07) is 4.44. The lowest BCUT2D eigenvalue weighted by molar-refractivity contribution is -0.123. The number of ether oxygens (including phenoxy) is 1. The van der Waals surface area contributed by atoms with Gasteiger partial charge in [-0.1, -0.05) is 13.8 Å². The molecule has 0 aliphatic carbocycles. The first-order chi connectivity index (χ1) is 9.55. The van der Waals surface area contributed by atoms with E-state index in [9.17, 15) is 9.18 Å². The van der Waals surface area contributed by atoms with Crippen LogP contribution in [0.2, 0.25) is 0 Å². The molecule has 0 aliphatic rings. The first-order valence-corrected chi connectivity index (χ1v) is 6.99. The number of hydrogen-bond donors (Lipinski definition) is 2. The molecule has 1 unspecified atom stereocenters. The average molecular weight is 282 g/mol. The van der Waals surface area contributed by atoms with Gasteiger partial charge in [0.15, 0.2) is 6.61 Å². The van der Waals surface area contributed by atoms with Crippen LogP contribution in [-0.4, -0.2) is 25.1 Å². The average Bonchev–Trinajstić information content (AvgIpc) is 2.42. The fourth-order valence-corrected chi connectivity index (χ4v) is 1.73. The molecule has 0 aromatic heterocycles. The maximum absolute atomic E-state index is 13.5. The van der Waals surface area contributed by atoms with Crippen molar-refractivity contribution in [3.63, 3.8) is 0 Å². The van der Waals surface area contributed by atoms with Crippen LogP contribution >= 0.6 is 0 Å². The second kappa shape index (κ2) is 8.53. The van der Waals surface area contributed by atoms with E-state index in [-0.39, 0.29) is 24.4 Å². The van der Waals surface area contributed by atoms with Crippen LogP contribution in [0.3, 0.4) is 0 Å². The van der Waals surface area contributed by atoms with Crippen molar-refractivity contribution in [2.24, 2.45) is 5.73 Å². The van der Waals surface area contributed by atoms with Gasteiger partial charge in [0.05, 0.1) is 0 Å². The minimum Gasteiger partial charge on any atom is -0.484 e. The smallest absolute Gasteiger partial charge is 0.257 e. The molecule has 112 valence electrons. The molecule has 1 rings (SSSR count). The molecule has 0 bridgehead atoms. The van der Waals surface area contributed by atoms with Gasteiger partial charge in [0.2, 0.25) is 0 Å². The van der Waals surface area contributed by atoms with Crippen LogP contribution in [0, 0.1) is 5.82 Å². The SMILES string of the molecule is CCCNC(=O)COc1cc(F)cc(CC(N)CC)c1. The molecule has 0 radical (unpaired) electrons. The molecule has 3 N–H and O–H groups in total. The molecule has 1 aromatic rings. The molecule has 0 heterocycles. The zero-order chi connectivity index (χ0) is 15.0. The Bertz CT molecular complexity index is 438. The summed E-state index contributed by atoms with van der Waals surface area (Å²) in [4.78, 5) is 11.4. The Labute approximate surface area is 119 Å². The van der Waals surface area contributed by atoms with Crippen molar-refractivity contribution >= 4 is 5.91 Å². The molecule has 20 heavy (non-hydrogen) atoms. The van der Waals surface area contributed by atoms with Crippen LogP contribution < -0.4 is 15.8 Å². The standard InChI is InChI=1S/C15H23FN2O2/c1-3-5-18-15(19)10-20-14-8-11(6-12(16)9-14)7-13(17)4-2/h6,8-9,13H,3-5,7,10,17H2,1-2H3,(H,18,19). The van der Waals surface area contributed by atoms with E-state index in [2.05, 4.69) is 5.32 Å². The highest BCUT2D eigenvalue weighted by Gasteiger charge is 2.07. The van der Waals surface area contributed by atoms with Crippen LogP contribution in [0.15, 0.2) is 18.2 Å². The molecule has 0 spiro atoms. The van der Waals surface area contributed by atoms with Crippen molar-refractivity contribution < 1.29 is 13.9 Å². The van der Waals surface area contributed by atoms with E-state index >= 15 is 0 Å². The van der Waals surface area contributed by atoms with E-state index < -0.39 is 0 Å². The third-order valence-corrected chi connectivity index (χ3v) is 2.90. The summed E-state index contributed by atoms with van der Waals surface area (Å²) in [5.41, 5.74) is 6.64. The lowest BCUT2D eigenvalue weighted by Crippen LogP contribution is -2.29. The lowest BCUT2D eigenvalue weighted by Gasteiger charge is -2.11. The lowest BCUT2D eigenvalue weighted by atomic mass is 10.0. The van der Waals surface area contributed by atoms with Crippen LogP contribution in [0.5, 0.6) is 5.75 Å². The number of amides is 1. The molecule has 5 heteroatoms. The summed E-state index contributed by atoms with van der Waals surface area (Å²) in [7, 11) is 0. The number of nitrogens with one attached hydrogen (secondary N) is 1. The van der Waals surface area contributed by atoms with Gasteiger partial charge in [0, 0.05) is 18.7 Å². The van der Waals surface area contributed by atoms with E-state index in [0.717, 1.165) is 18.4 Å². The molecular formula is C15H23FN2O2. The summed E-state index contributed by atoms with van der Waals surface area (Å²) in [5, 5.41) is 2.70. The van der Waals surface area contributed by atoms with Gasteiger partial charge in [-0.15, -0.1) is 0 Å². The highest BCUT2D eigenvalue weighted by atomic mass is 19.1. The molecule has 4 nitrogen and oxygen atoms in total. The fourth-order valence-electron chi connectivity index (χ4n) is 1.73. The number of carbonyl (C=O) groups is 1. The fraction of sp³-hybridized carbons (Fsp3) is 0.533. The van der Waals surface area contributed by atoms with E-state index in [1.807, 2.05) is 13.8 Å². The minimum atomic E-state index is -0.380. The van der Waals surface area contributed by atoms with E-state index in [0.29, 0.717) is 18.7 Å². The topological polar surface area (TPSA) is 64.3 Å². The van der Waals surface area contributed by atoms with Crippen LogP contribution in [0.25, 0.3) is 0 Å². The first kappa shape index (κ1) is 16.4. The predicted octanol–water partition coefficient (Wildman–Crippen LogP) is 2.01. The number of rotatable bonds is 8. The molecule has 1 aromatic carbocycles. The maximum atomic E-state index is 13.5. The molecule has 0 saturated heterocycles. The first-order valence-electron chi connectivity index (χ1n) is 6.99. The van der Waals surface area contributed by atoms with Gasteiger partial charge in [-0.25, -0.2) is 4.39 Å². The summed E-state index contributed by atoms with van der Waals surface area (Å²) in [6.45, 7) is 4.46. The summed E-state index contributed by atoms with van der Waals surface area (Å²) in [6.07, 6.45) is 2.28. The number of hydrogen-bond acceptors (Lipinski definition) is 3. The van der Waals surface area contributed by atoms with Crippen LogP contribution in [0.4, 0.5) is 4.39 Å². The second-order valence-electron chi connectivity index (χ2n) is 4.81. The molecule has 1 atom stereocenters. The summed E-state index contributed by atoms with van der Waals surface area (Å²) < 4.78 is 18.8. The highest BCUT2D eigenvalue weighted by molar-refractivity contribution is 5.77. The Morgan fingerprint density at radius 1 is 1.40 bits per heavy atom. The van der Waals surface area contributed by atoms with Gasteiger partial charge in [-0.3, -0.25) is 4.79 Å². The Hall–Kier alpha value is -1.62. The van der Waals surface area contributed by atoms with Crippen molar-refractivity contribution in [1.82, 2.24) is 5.32 Å². The van der Waals surface area contributed by atoms with Gasteiger partial charge in [-0.2, -0.15) is 0 Å². The zero-order valence-electron chi connectivity index (χ0n) is 12.1. The Kier molecular flexibility index (Phi) is 7.01. The van der Waals surface area contributed by atoms with Gasteiger partial charge >= 0.3 is 0 Å². The monoisotopic (exact) mass is 282 g/mol. The molecule has 0 aliphatic heterocycles. The predicted molar refractivity (Wildman–Crippen MR) is 77.2 cm³/mol. The normalized spacial score (nSPS) is 12.0. The third-order valence-electron chi connectivity index (χ3n) is 2.90. The number of nitrogens with two attached hydrogens (primary N) is 1. The van der Waals surface area contributed by atoms with Crippen molar-refractivity contribution in [3.8, 4) is 5.75 Å². The van der Waals surface area contributed by atoms with Crippen LogP contribution in [-0.2, 0) is 11.2 Å². The van der Waals surface area contributed by atoms with Crippen molar-refractivity contribution in [1.29, 1.82) is 0 Å². The van der Waals surface area contributed by atoms with Gasteiger partial charge in [0.25, 0.3) is 5.91 Å². The second-order valence-corrected chi connectivity index (χ2v) is 4.81. The number of halogens is 1. The quantitative estimate of drug-likeness (QED) is 0.766. The van der Waals surface area contributed by atoms with E-state index in [4.69, 9.17) is 10.5 Å².